The summed E-state index contributed by atoms with van der Waals surface area (Å²) >= 11 is 0. The Kier molecular flexibility index (Phi) is 11.8. The van der Waals surface area contributed by atoms with E-state index in [0.29, 0.717) is 44.6 Å². The van der Waals surface area contributed by atoms with E-state index in [4.69, 9.17) is 18.9 Å². The zero-order valence-electron chi connectivity index (χ0n) is 39.2. The number of ether oxygens (including phenoxy) is 4. The van der Waals surface area contributed by atoms with Crippen LogP contribution in [0, 0.1) is 56.7 Å². The van der Waals surface area contributed by atoms with Crippen LogP contribution in [-0.2, 0) is 23.7 Å². The van der Waals surface area contributed by atoms with E-state index in [1.165, 1.54) is 0 Å². The molecule has 0 radical (unpaired) electrons. The first-order valence-corrected chi connectivity index (χ1v) is 23.8. The molecule has 1 saturated heterocycles. The van der Waals surface area contributed by atoms with Crippen molar-refractivity contribution in [3.8, 4) is 45.6 Å². The summed E-state index contributed by atoms with van der Waals surface area (Å²) in [6.07, 6.45) is -5.40. The molecule has 7 aliphatic rings. The van der Waals surface area contributed by atoms with Gasteiger partial charge in [-0.05, 0) is 109 Å². The van der Waals surface area contributed by atoms with Gasteiger partial charge in [-0.2, -0.15) is 0 Å². The summed E-state index contributed by atoms with van der Waals surface area (Å²) in [5.41, 5.74) is -6.50. The van der Waals surface area contributed by atoms with Crippen LogP contribution in [0.5, 0.6) is 34.5 Å². The average molecular weight is 969 g/mol. The Hall–Kier alpha value is -4.89. The van der Waals surface area contributed by atoms with Crippen molar-refractivity contribution < 1.29 is 94.6 Å². The summed E-state index contributed by atoms with van der Waals surface area (Å²) in [6.45, 7) is 8.63. The number of aliphatic hydroxyl groups is 6. The van der Waals surface area contributed by atoms with Crippen molar-refractivity contribution in [2.75, 3.05) is 19.8 Å². The van der Waals surface area contributed by atoms with Gasteiger partial charge in [0, 0.05) is 11.1 Å². The van der Waals surface area contributed by atoms with Crippen LogP contribution in [0.3, 0.4) is 0 Å². The van der Waals surface area contributed by atoms with Gasteiger partial charge in [0.25, 0.3) is 0 Å². The third-order valence-electron chi connectivity index (χ3n) is 19.2. The molecule has 0 spiro atoms. The molecule has 5 aliphatic carbocycles. The van der Waals surface area contributed by atoms with E-state index in [0.717, 1.165) is 18.1 Å². The molecule has 69 heavy (non-hydrogen) atoms. The van der Waals surface area contributed by atoms with Gasteiger partial charge in [-0.25, -0.2) is 9.59 Å². The van der Waals surface area contributed by atoms with E-state index >= 15 is 0 Å². The van der Waals surface area contributed by atoms with E-state index in [-0.39, 0.29) is 30.1 Å². The maximum absolute atomic E-state index is 14.8. The topological polar surface area (TPSA) is 331 Å². The van der Waals surface area contributed by atoms with Crippen LogP contribution in [0.4, 0.5) is 0 Å². The fraction of sp³-hybridized carbons (Fsp3) is 0.660. The second-order valence-corrected chi connectivity index (χ2v) is 22.0. The highest BCUT2D eigenvalue weighted by Gasteiger charge is 2.73. The van der Waals surface area contributed by atoms with Gasteiger partial charge in [0.15, 0.2) is 23.0 Å². The van der Waals surface area contributed by atoms with Crippen molar-refractivity contribution in [3.05, 3.63) is 34.9 Å². The normalized spacial score (nSPS) is 42.7. The minimum atomic E-state index is -1.77. The van der Waals surface area contributed by atoms with Gasteiger partial charge in [0.1, 0.15) is 37.1 Å². The van der Waals surface area contributed by atoms with E-state index in [2.05, 4.69) is 33.8 Å². The number of esters is 3. The van der Waals surface area contributed by atoms with Gasteiger partial charge in [-0.3, -0.25) is 4.79 Å². The number of fused-ring (bicyclic) bond motifs is 12. The van der Waals surface area contributed by atoms with Crippen molar-refractivity contribution in [3.63, 3.8) is 0 Å². The molecule has 0 aromatic heterocycles. The Balaban J connectivity index is 1.11. The first kappa shape index (κ1) is 49.1. The number of phenolic OH excluding ortho intramolecular Hbond substituents is 6. The molecule has 378 valence electrons. The molecule has 2 heterocycles. The van der Waals surface area contributed by atoms with Crippen molar-refractivity contribution in [2.45, 2.75) is 129 Å². The van der Waals surface area contributed by atoms with Crippen LogP contribution in [-0.4, -0.2) is 142 Å². The van der Waals surface area contributed by atoms with E-state index < -0.39 is 170 Å². The number of allylic oxidation sites excluding steroid dienone is 2. The second kappa shape index (κ2) is 16.6. The van der Waals surface area contributed by atoms with E-state index in [9.17, 15) is 75.7 Å². The molecule has 1 unspecified atom stereocenters. The maximum Gasteiger partial charge on any atom is 0.339 e. The van der Waals surface area contributed by atoms with Crippen molar-refractivity contribution in [1.82, 2.24) is 0 Å². The highest BCUT2D eigenvalue weighted by atomic mass is 16.7. The number of aromatic hydroxyl groups is 6. The predicted molar refractivity (Wildman–Crippen MR) is 237 cm³/mol. The highest BCUT2D eigenvalue weighted by molar-refractivity contribution is 6.08. The number of carbonyl (C=O) groups is 3. The number of hydrogen-bond acceptors (Lipinski definition) is 19. The summed E-state index contributed by atoms with van der Waals surface area (Å²) in [7, 11) is 0. The number of phenols is 6. The quantitative estimate of drug-likeness (QED) is 0.0906. The summed E-state index contributed by atoms with van der Waals surface area (Å²) in [5.74, 6) is -10.8. The zero-order valence-corrected chi connectivity index (χ0v) is 39.2. The zero-order chi connectivity index (χ0) is 50.2. The number of aliphatic hydroxyl groups excluding tert-OH is 6. The summed E-state index contributed by atoms with van der Waals surface area (Å²) < 4.78 is 23.7. The van der Waals surface area contributed by atoms with Gasteiger partial charge in [0.2, 0.25) is 17.8 Å². The number of cyclic esters (lactones) is 1. The standard InChI is InChI=1S/C50H64O19/c1-20-8-11-49(45(65)69-44-40(62)39(61)36(58)28(17-51)67-44)13-12-47(4)24(33(49)21(20)2)6-7-29-46(3)16-27(55)41-50(18-52,30(46)9-10-48(29,47)5)19-66-42(63)22-14-25(53)34(56)37(59)31(22)32-23(43(64)68-41)15-26(54)35(57)38(32)60/h6,14-15,20-21,27-30,33,36,39-41,44,51-62H,7-13,16-19H2,1-5H3/t20-,21+,27-,28-,29-,30-,33?,36-,39+,40-,41+,44+,46-,47-,48-,49+,50-/m1/s1. The Morgan fingerprint density at radius 2 is 1.39 bits per heavy atom. The van der Waals surface area contributed by atoms with Gasteiger partial charge < -0.3 is 80.2 Å². The molecular weight excluding hydrogens is 905 g/mol. The van der Waals surface area contributed by atoms with Crippen LogP contribution in [0.2, 0.25) is 0 Å². The fourth-order valence-electron chi connectivity index (χ4n) is 15.2. The lowest BCUT2D eigenvalue weighted by molar-refractivity contribution is -0.298. The van der Waals surface area contributed by atoms with E-state index in [1.807, 2.05) is 6.92 Å². The Morgan fingerprint density at radius 3 is 2.00 bits per heavy atom. The lowest BCUT2D eigenvalue weighted by atomic mass is 9.33. The van der Waals surface area contributed by atoms with Crippen LogP contribution < -0.4 is 0 Å². The molecule has 19 nitrogen and oxygen atoms in total. The van der Waals surface area contributed by atoms with Gasteiger partial charge in [-0.15, -0.1) is 0 Å². The number of carbonyl (C=O) groups excluding carboxylic acids is 3. The molecule has 9 rings (SSSR count). The Labute approximate surface area is 397 Å². The van der Waals surface area contributed by atoms with Gasteiger partial charge >= 0.3 is 17.9 Å². The Bertz CT molecular complexity index is 2490. The summed E-state index contributed by atoms with van der Waals surface area (Å²) in [5, 5.41) is 131. The first-order valence-electron chi connectivity index (χ1n) is 23.8. The average Bonchev–Trinajstić information content (AvgIpc) is 3.32. The molecule has 2 aromatic rings. The minimum Gasteiger partial charge on any atom is -0.504 e. The molecule has 0 amide bonds. The summed E-state index contributed by atoms with van der Waals surface area (Å²) in [4.78, 5) is 43.5. The van der Waals surface area contributed by atoms with Crippen LogP contribution in [0.1, 0.15) is 107 Å². The molecular formula is C50H64O19. The minimum absolute atomic E-state index is 0.0128. The smallest absolute Gasteiger partial charge is 0.339 e. The first-order chi connectivity index (χ1) is 32.4. The SMILES string of the molecule is C[C@@H]1CC[C@]2(C(=O)O[C@@H]3O[C@H](CO)[C@@H](O)[C@H](O)[C@H]3O)CC[C@]3(C)C(=CC[C@@H]4[C@@]5(C)C[C@@H](O)[C@@H]6OC(=O)c7cc(O)c(O)c(O)c7-c7c(cc(O)c(O)c7O)C(=O)OC[C@]6(CO)[C@@H]5CC[C@]43C)C2[C@H]1C. The molecule has 19 heteroatoms. The van der Waals surface area contributed by atoms with Crippen LogP contribution >= 0.6 is 0 Å². The van der Waals surface area contributed by atoms with Gasteiger partial charge in [0.05, 0.1) is 41.3 Å². The molecule has 4 saturated carbocycles. The molecule has 2 aliphatic heterocycles. The molecule has 12 N–H and O–H groups in total. The molecule has 0 bridgehead atoms. The fourth-order valence-corrected chi connectivity index (χ4v) is 15.2. The number of benzene rings is 2. The monoisotopic (exact) mass is 968 g/mol. The molecule has 2 aromatic carbocycles. The second-order valence-electron chi connectivity index (χ2n) is 22.0. The highest BCUT2D eigenvalue weighted by Crippen LogP contribution is 2.76. The molecule has 5 fully saturated rings. The van der Waals surface area contributed by atoms with Crippen molar-refractivity contribution in [1.29, 1.82) is 0 Å². The van der Waals surface area contributed by atoms with Gasteiger partial charge in [-0.1, -0.05) is 46.3 Å². The Morgan fingerprint density at radius 1 is 0.768 bits per heavy atom. The molecule has 17 atom stereocenters. The lowest BCUT2D eigenvalue weighted by Crippen LogP contribution is -2.70. The van der Waals surface area contributed by atoms with Crippen LogP contribution in [0.25, 0.3) is 11.1 Å². The van der Waals surface area contributed by atoms with Crippen molar-refractivity contribution >= 4 is 17.9 Å². The number of hydrogen-bond donors (Lipinski definition) is 12. The van der Waals surface area contributed by atoms with E-state index in [1.54, 1.807) is 0 Å². The lowest BCUT2D eigenvalue weighted by Gasteiger charge is -2.72. The largest absolute Gasteiger partial charge is 0.504 e. The third kappa shape index (κ3) is 6.66. The van der Waals surface area contributed by atoms with Crippen LogP contribution in [0.15, 0.2) is 23.8 Å². The summed E-state index contributed by atoms with van der Waals surface area (Å²) in [6, 6.07) is 1.44. The third-order valence-corrected chi connectivity index (χ3v) is 19.2. The maximum atomic E-state index is 14.8. The predicted octanol–water partition coefficient (Wildman–Crippen LogP) is 3.21. The van der Waals surface area contributed by atoms with Crippen molar-refractivity contribution in [2.24, 2.45) is 56.7 Å². The number of rotatable bonds is 4.